The zero-order valence-electron chi connectivity index (χ0n) is 20.0. The maximum Gasteiger partial charge on any atom is 0.150 e. The summed E-state index contributed by atoms with van der Waals surface area (Å²) >= 11 is 0. The van der Waals surface area contributed by atoms with Gasteiger partial charge in [0.15, 0.2) is 0 Å². The van der Waals surface area contributed by atoms with Crippen LogP contribution in [0.5, 0.6) is 28.7 Å². The molecule has 1 atom stereocenters. The lowest BCUT2D eigenvalue weighted by atomic mass is 9.84. The number of methoxy groups -OCH3 is 1. The first kappa shape index (κ1) is 23.5. The lowest BCUT2D eigenvalue weighted by Crippen LogP contribution is -2.19. The van der Waals surface area contributed by atoms with E-state index in [-0.39, 0.29) is 11.5 Å². The van der Waals surface area contributed by atoms with Crippen molar-refractivity contribution >= 4 is 11.1 Å². The molecule has 0 aromatic heterocycles. The van der Waals surface area contributed by atoms with E-state index < -0.39 is 6.10 Å². The second-order valence-corrected chi connectivity index (χ2v) is 8.53. The number of ether oxygens (including phenoxy) is 3. The molecule has 3 aromatic carbocycles. The van der Waals surface area contributed by atoms with Crippen molar-refractivity contribution in [3.8, 4) is 28.7 Å². The van der Waals surface area contributed by atoms with Crippen LogP contribution in [0.15, 0.2) is 60.7 Å². The second kappa shape index (κ2) is 10.1. The van der Waals surface area contributed by atoms with Crippen LogP contribution in [-0.2, 0) is 0 Å². The van der Waals surface area contributed by atoms with Gasteiger partial charge in [-0.3, -0.25) is 0 Å². The summed E-state index contributed by atoms with van der Waals surface area (Å²) in [5.41, 5.74) is 4.81. The molecule has 0 fully saturated rings. The fourth-order valence-corrected chi connectivity index (χ4v) is 4.25. The Kier molecular flexibility index (Phi) is 6.98. The van der Waals surface area contributed by atoms with Crippen LogP contribution in [0.4, 0.5) is 0 Å². The molecule has 34 heavy (non-hydrogen) atoms. The van der Waals surface area contributed by atoms with Crippen LogP contribution in [0.1, 0.15) is 36.1 Å². The van der Waals surface area contributed by atoms with Crippen molar-refractivity contribution in [2.75, 3.05) is 34.4 Å². The minimum atomic E-state index is -0.432. The first-order valence-electron chi connectivity index (χ1n) is 11.4. The van der Waals surface area contributed by atoms with E-state index in [0.717, 1.165) is 46.6 Å². The van der Waals surface area contributed by atoms with E-state index in [1.165, 1.54) is 0 Å². The van der Waals surface area contributed by atoms with E-state index in [2.05, 4.69) is 11.8 Å². The highest BCUT2D eigenvalue weighted by Gasteiger charge is 2.32. The summed E-state index contributed by atoms with van der Waals surface area (Å²) in [7, 11) is 5.62. The van der Waals surface area contributed by atoms with Gasteiger partial charge in [0.2, 0.25) is 0 Å². The van der Waals surface area contributed by atoms with Crippen LogP contribution in [-0.4, -0.2) is 49.5 Å². The number of rotatable bonds is 8. The molecule has 0 bridgehead atoms. The molecule has 0 aliphatic carbocycles. The third-order valence-electron chi connectivity index (χ3n) is 5.94. The van der Waals surface area contributed by atoms with Crippen molar-refractivity contribution in [2.45, 2.75) is 19.4 Å². The Bertz CT molecular complexity index is 1180. The number of allylic oxidation sites excluding steroid dienone is 1. The highest BCUT2D eigenvalue weighted by molar-refractivity contribution is 5.97. The van der Waals surface area contributed by atoms with Gasteiger partial charge in [-0.25, -0.2) is 0 Å². The Morgan fingerprint density at radius 1 is 0.912 bits per heavy atom. The summed E-state index contributed by atoms with van der Waals surface area (Å²) in [4.78, 5) is 2.07. The Morgan fingerprint density at radius 3 is 2.24 bits per heavy atom. The maximum atomic E-state index is 10.1. The number of phenols is 2. The van der Waals surface area contributed by atoms with Crippen LogP contribution in [0.2, 0.25) is 0 Å². The Labute approximate surface area is 200 Å². The first-order valence-corrected chi connectivity index (χ1v) is 11.4. The van der Waals surface area contributed by atoms with Crippen molar-refractivity contribution in [3.05, 3.63) is 77.4 Å². The van der Waals surface area contributed by atoms with Gasteiger partial charge in [0.25, 0.3) is 0 Å². The van der Waals surface area contributed by atoms with Crippen LogP contribution < -0.4 is 14.2 Å². The molecule has 6 nitrogen and oxygen atoms in total. The smallest absolute Gasteiger partial charge is 0.150 e. The molecule has 0 amide bonds. The van der Waals surface area contributed by atoms with E-state index in [1.807, 2.05) is 50.5 Å². The average Bonchev–Trinajstić information content (AvgIpc) is 2.83. The van der Waals surface area contributed by atoms with Crippen LogP contribution >= 0.6 is 0 Å². The van der Waals surface area contributed by atoms with Crippen molar-refractivity contribution in [3.63, 3.8) is 0 Å². The van der Waals surface area contributed by atoms with Crippen molar-refractivity contribution in [1.29, 1.82) is 0 Å². The van der Waals surface area contributed by atoms with Crippen LogP contribution in [0.3, 0.4) is 0 Å². The number of fused-ring (bicyclic) bond motifs is 1. The molecule has 6 heteroatoms. The number of phenolic OH excluding ortho intramolecular Hbond substituents is 2. The van der Waals surface area contributed by atoms with Crippen molar-refractivity contribution < 1.29 is 24.4 Å². The van der Waals surface area contributed by atoms with Crippen LogP contribution in [0.25, 0.3) is 11.1 Å². The molecule has 1 aliphatic heterocycles. The largest absolute Gasteiger partial charge is 0.508 e. The minimum absolute atomic E-state index is 0.136. The number of hydrogen-bond donors (Lipinski definition) is 2. The van der Waals surface area contributed by atoms with Gasteiger partial charge in [0.05, 0.1) is 7.11 Å². The molecule has 4 rings (SSSR count). The van der Waals surface area contributed by atoms with Gasteiger partial charge in [-0.15, -0.1) is 0 Å². The maximum absolute atomic E-state index is 10.1. The molecule has 0 saturated carbocycles. The summed E-state index contributed by atoms with van der Waals surface area (Å²) in [5, 5.41) is 20.1. The summed E-state index contributed by atoms with van der Waals surface area (Å²) in [6, 6.07) is 18.2. The van der Waals surface area contributed by atoms with E-state index in [0.29, 0.717) is 18.1 Å². The second-order valence-electron chi connectivity index (χ2n) is 8.53. The summed E-state index contributed by atoms with van der Waals surface area (Å²) < 4.78 is 18.0. The zero-order chi connectivity index (χ0) is 24.2. The average molecular weight is 462 g/mol. The van der Waals surface area contributed by atoms with E-state index in [4.69, 9.17) is 14.2 Å². The fourth-order valence-electron chi connectivity index (χ4n) is 4.25. The normalized spacial score (nSPS) is 15.1. The molecular formula is C28H31NO5. The summed E-state index contributed by atoms with van der Waals surface area (Å²) in [6.07, 6.45) is 0.321. The monoisotopic (exact) mass is 461 g/mol. The summed E-state index contributed by atoms with van der Waals surface area (Å²) in [6.45, 7) is 3.54. The molecule has 0 spiro atoms. The molecule has 1 aliphatic rings. The first-order chi connectivity index (χ1) is 16.4. The fraction of sp³-hybridized carbons (Fsp3) is 0.286. The van der Waals surface area contributed by atoms with E-state index in [9.17, 15) is 10.2 Å². The van der Waals surface area contributed by atoms with Crippen molar-refractivity contribution in [2.24, 2.45) is 0 Å². The molecule has 2 N–H and O–H groups in total. The topological polar surface area (TPSA) is 71.4 Å². The number of nitrogens with zero attached hydrogens (tertiary/aromatic N) is 1. The van der Waals surface area contributed by atoms with Gasteiger partial charge in [0.1, 0.15) is 41.5 Å². The van der Waals surface area contributed by atoms with Gasteiger partial charge in [-0.1, -0.05) is 19.1 Å². The van der Waals surface area contributed by atoms with Crippen LogP contribution in [0, 0.1) is 0 Å². The SMILES string of the molecule is CCC1=C(c2ccc(O)cc2OC)C(c2ccc(OCCN(C)C)cc2)Oc2cc(O)ccc21. The summed E-state index contributed by atoms with van der Waals surface area (Å²) in [5.74, 6) is 2.29. The highest BCUT2D eigenvalue weighted by Crippen LogP contribution is 2.50. The predicted octanol–water partition coefficient (Wildman–Crippen LogP) is 5.50. The Morgan fingerprint density at radius 2 is 1.59 bits per heavy atom. The third kappa shape index (κ3) is 4.82. The van der Waals surface area contributed by atoms with Gasteiger partial charge >= 0.3 is 0 Å². The molecule has 3 aromatic rings. The molecule has 178 valence electrons. The van der Waals surface area contributed by atoms with Crippen molar-refractivity contribution in [1.82, 2.24) is 4.90 Å². The number of hydrogen-bond acceptors (Lipinski definition) is 6. The molecule has 1 heterocycles. The van der Waals surface area contributed by atoms with Gasteiger partial charge in [-0.05, 0) is 68.1 Å². The van der Waals surface area contributed by atoms with Gasteiger partial charge < -0.3 is 29.3 Å². The molecule has 1 unspecified atom stereocenters. The standard InChI is InChI=1S/C28H31NO5/c1-5-22-23-12-8-20(31)17-26(23)34-28(27(22)24-13-9-19(30)16-25(24)32-4)18-6-10-21(11-7-18)33-15-14-29(2)3/h6-13,16-17,28,30-31H,5,14-15H2,1-4H3. The lowest BCUT2D eigenvalue weighted by molar-refractivity contribution is 0.255. The van der Waals surface area contributed by atoms with E-state index >= 15 is 0 Å². The highest BCUT2D eigenvalue weighted by atomic mass is 16.5. The third-order valence-corrected chi connectivity index (χ3v) is 5.94. The Balaban J connectivity index is 1.81. The quantitative estimate of drug-likeness (QED) is 0.462. The minimum Gasteiger partial charge on any atom is -0.508 e. The Hall–Kier alpha value is -3.64. The van der Waals surface area contributed by atoms with Gasteiger partial charge in [0, 0.05) is 35.4 Å². The number of likely N-dealkylation sites (N-methyl/N-ethyl adjacent to an activating group) is 1. The molecule has 0 radical (unpaired) electrons. The number of aromatic hydroxyl groups is 2. The van der Waals surface area contributed by atoms with Gasteiger partial charge in [-0.2, -0.15) is 0 Å². The predicted molar refractivity (Wildman–Crippen MR) is 134 cm³/mol. The zero-order valence-corrected chi connectivity index (χ0v) is 20.0. The van der Waals surface area contributed by atoms with E-state index in [1.54, 1.807) is 31.4 Å². The molecule has 0 saturated heterocycles. The lowest BCUT2D eigenvalue weighted by Gasteiger charge is -2.32. The number of benzene rings is 3. The molecular weight excluding hydrogens is 430 g/mol.